The molecule has 1 amide bonds. The number of phosphoric ester groups is 1. The highest BCUT2D eigenvalue weighted by atomic mass is 31.2. The number of anilines is 1. The van der Waals surface area contributed by atoms with E-state index < -0.39 is 26.4 Å². The fourth-order valence-corrected chi connectivity index (χ4v) is 3.30. The van der Waals surface area contributed by atoms with Gasteiger partial charge in [0.05, 0.1) is 13.2 Å². The van der Waals surface area contributed by atoms with Crippen molar-refractivity contribution in [3.05, 3.63) is 84.4 Å². The second kappa shape index (κ2) is 11.0. The standard InChI is InChI=1S/C23H25N2O6P/c24-22(16-31-32(27,28)29)23(26)25-20-9-11-21(12-10-20)30-14-13-17-5-4-8-19(15-17)18-6-2-1-3-7-18/h1-12,15,22H,13-14,16,24H2,(H,25,26)(H2,27,28,29)/t22-/m0/s1. The van der Waals surface area contributed by atoms with Gasteiger partial charge in [-0.25, -0.2) is 4.57 Å². The van der Waals surface area contributed by atoms with Crippen molar-refractivity contribution in [1.82, 2.24) is 0 Å². The van der Waals surface area contributed by atoms with Gasteiger partial charge < -0.3 is 25.6 Å². The number of hydrogen-bond acceptors (Lipinski definition) is 5. The van der Waals surface area contributed by atoms with Crippen LogP contribution in [0.3, 0.4) is 0 Å². The molecule has 0 heterocycles. The molecule has 3 rings (SSSR count). The molecule has 0 unspecified atom stereocenters. The summed E-state index contributed by atoms with van der Waals surface area (Å²) in [4.78, 5) is 29.3. The lowest BCUT2D eigenvalue weighted by molar-refractivity contribution is -0.118. The number of nitrogens with one attached hydrogen (secondary N) is 1. The van der Waals surface area contributed by atoms with Crippen molar-refractivity contribution < 1.29 is 28.4 Å². The minimum Gasteiger partial charge on any atom is -0.493 e. The van der Waals surface area contributed by atoms with Crippen LogP contribution < -0.4 is 15.8 Å². The molecule has 0 radical (unpaired) electrons. The zero-order valence-electron chi connectivity index (χ0n) is 17.3. The first kappa shape index (κ1) is 23.7. The van der Waals surface area contributed by atoms with Crippen LogP contribution in [-0.4, -0.2) is 34.9 Å². The maximum Gasteiger partial charge on any atom is 0.469 e. The molecular weight excluding hydrogens is 431 g/mol. The van der Waals surface area contributed by atoms with Gasteiger partial charge in [-0.05, 0) is 41.0 Å². The Kier molecular flexibility index (Phi) is 8.16. The number of hydrogen-bond donors (Lipinski definition) is 4. The molecule has 0 aromatic heterocycles. The van der Waals surface area contributed by atoms with E-state index in [1.165, 1.54) is 11.1 Å². The van der Waals surface area contributed by atoms with Crippen molar-refractivity contribution in [2.75, 3.05) is 18.5 Å². The van der Waals surface area contributed by atoms with Crippen LogP contribution in [0.1, 0.15) is 5.56 Å². The van der Waals surface area contributed by atoms with E-state index in [1.54, 1.807) is 24.3 Å². The number of phosphoric acid groups is 1. The van der Waals surface area contributed by atoms with E-state index in [4.69, 9.17) is 20.3 Å². The van der Waals surface area contributed by atoms with Gasteiger partial charge in [-0.15, -0.1) is 0 Å². The molecule has 168 valence electrons. The van der Waals surface area contributed by atoms with Crippen molar-refractivity contribution in [3.63, 3.8) is 0 Å². The number of carbonyl (C=O) groups excluding carboxylic acids is 1. The smallest absolute Gasteiger partial charge is 0.469 e. The summed E-state index contributed by atoms with van der Waals surface area (Å²) in [6.45, 7) is -0.0999. The van der Waals surface area contributed by atoms with Gasteiger partial charge in [0.2, 0.25) is 5.91 Å². The van der Waals surface area contributed by atoms with Gasteiger partial charge in [0.1, 0.15) is 11.8 Å². The summed E-state index contributed by atoms with van der Waals surface area (Å²) in [7, 11) is -4.68. The van der Waals surface area contributed by atoms with Crippen molar-refractivity contribution in [2.45, 2.75) is 12.5 Å². The lowest BCUT2D eigenvalue weighted by Gasteiger charge is -2.13. The maximum atomic E-state index is 12.0. The fraction of sp³-hybridized carbons (Fsp3) is 0.174. The van der Waals surface area contributed by atoms with Gasteiger partial charge in [-0.3, -0.25) is 9.32 Å². The first-order chi connectivity index (χ1) is 15.3. The Balaban J connectivity index is 1.47. The van der Waals surface area contributed by atoms with Crippen molar-refractivity contribution in [1.29, 1.82) is 0 Å². The number of rotatable bonds is 10. The highest BCUT2D eigenvalue weighted by Gasteiger charge is 2.20. The summed E-state index contributed by atoms with van der Waals surface area (Å²) >= 11 is 0. The van der Waals surface area contributed by atoms with E-state index in [9.17, 15) is 9.36 Å². The minimum atomic E-state index is -4.68. The Morgan fingerprint density at radius 1 is 0.969 bits per heavy atom. The number of amides is 1. The van der Waals surface area contributed by atoms with Gasteiger partial charge in [-0.2, -0.15) is 0 Å². The largest absolute Gasteiger partial charge is 0.493 e. The van der Waals surface area contributed by atoms with Crippen molar-refractivity contribution in [2.24, 2.45) is 5.73 Å². The summed E-state index contributed by atoms with van der Waals surface area (Å²) in [5, 5.41) is 2.56. The molecule has 3 aromatic rings. The van der Waals surface area contributed by atoms with Crippen LogP contribution in [0.4, 0.5) is 5.69 Å². The Bertz CT molecular complexity index is 1070. The van der Waals surface area contributed by atoms with Crippen LogP contribution in [0.15, 0.2) is 78.9 Å². The Hall–Kier alpha value is -3.00. The quantitative estimate of drug-likeness (QED) is 0.344. The fourth-order valence-electron chi connectivity index (χ4n) is 2.95. The third-order valence-electron chi connectivity index (χ3n) is 4.57. The van der Waals surface area contributed by atoms with E-state index in [0.29, 0.717) is 18.0 Å². The van der Waals surface area contributed by atoms with Gasteiger partial charge in [-0.1, -0.05) is 54.6 Å². The van der Waals surface area contributed by atoms with E-state index in [0.717, 1.165) is 12.0 Å². The lowest BCUT2D eigenvalue weighted by Crippen LogP contribution is -2.39. The average Bonchev–Trinajstić information content (AvgIpc) is 2.79. The monoisotopic (exact) mass is 456 g/mol. The topological polar surface area (TPSA) is 131 Å². The maximum absolute atomic E-state index is 12.0. The molecule has 5 N–H and O–H groups in total. The van der Waals surface area contributed by atoms with Crippen LogP contribution in [0, 0.1) is 0 Å². The summed E-state index contributed by atoms with van der Waals surface area (Å²) in [6, 6.07) is 24.0. The molecule has 0 aliphatic carbocycles. The summed E-state index contributed by atoms with van der Waals surface area (Å²) in [5.41, 5.74) is 9.54. The Morgan fingerprint density at radius 2 is 1.66 bits per heavy atom. The first-order valence-corrected chi connectivity index (χ1v) is 11.5. The molecule has 1 atom stereocenters. The summed E-state index contributed by atoms with van der Waals surface area (Å²) in [6.07, 6.45) is 0.744. The average molecular weight is 456 g/mol. The first-order valence-electron chi connectivity index (χ1n) is 9.94. The van der Waals surface area contributed by atoms with E-state index in [-0.39, 0.29) is 0 Å². The predicted molar refractivity (Wildman–Crippen MR) is 122 cm³/mol. The number of benzene rings is 3. The molecule has 32 heavy (non-hydrogen) atoms. The Morgan fingerprint density at radius 3 is 2.34 bits per heavy atom. The third-order valence-corrected chi connectivity index (χ3v) is 5.06. The zero-order valence-corrected chi connectivity index (χ0v) is 18.2. The number of carbonyl (C=O) groups is 1. The summed E-state index contributed by atoms with van der Waals surface area (Å²) < 4.78 is 20.7. The Labute approximate surface area is 186 Å². The molecule has 0 aliphatic rings. The van der Waals surface area contributed by atoms with Gasteiger partial charge in [0.25, 0.3) is 0 Å². The number of ether oxygens (including phenoxy) is 1. The molecule has 0 bridgehead atoms. The molecule has 0 saturated carbocycles. The highest BCUT2D eigenvalue weighted by Crippen LogP contribution is 2.35. The van der Waals surface area contributed by atoms with Crippen LogP contribution in [-0.2, 0) is 20.3 Å². The SMILES string of the molecule is N[C@@H](COP(=O)(O)O)C(=O)Nc1ccc(OCCc2cccc(-c3ccccc3)c2)cc1. The van der Waals surface area contributed by atoms with Gasteiger partial charge in [0.15, 0.2) is 0 Å². The predicted octanol–water partition coefficient (Wildman–Crippen LogP) is 3.35. The van der Waals surface area contributed by atoms with Crippen molar-refractivity contribution >= 4 is 19.4 Å². The van der Waals surface area contributed by atoms with Crippen LogP contribution in [0.2, 0.25) is 0 Å². The van der Waals surface area contributed by atoms with E-state index >= 15 is 0 Å². The minimum absolute atomic E-state index is 0.476. The molecule has 0 spiro atoms. The normalized spacial score (nSPS) is 12.2. The molecular formula is C23H25N2O6P. The lowest BCUT2D eigenvalue weighted by atomic mass is 10.0. The van der Waals surface area contributed by atoms with E-state index in [2.05, 4.69) is 40.2 Å². The molecule has 0 aliphatic heterocycles. The third kappa shape index (κ3) is 7.60. The number of nitrogens with two attached hydrogens (primary N) is 1. The van der Waals surface area contributed by atoms with Gasteiger partial charge >= 0.3 is 7.82 Å². The summed E-state index contributed by atoms with van der Waals surface area (Å²) in [5.74, 6) is 0.0294. The zero-order chi connectivity index (χ0) is 23.0. The molecule has 0 fully saturated rings. The van der Waals surface area contributed by atoms with Crippen LogP contribution in [0.5, 0.6) is 5.75 Å². The molecule has 0 saturated heterocycles. The van der Waals surface area contributed by atoms with Crippen molar-refractivity contribution in [3.8, 4) is 16.9 Å². The second-order valence-electron chi connectivity index (χ2n) is 7.07. The van der Waals surface area contributed by atoms with Gasteiger partial charge in [0, 0.05) is 12.1 Å². The molecule has 3 aromatic carbocycles. The van der Waals surface area contributed by atoms with Crippen LogP contribution >= 0.6 is 7.82 Å². The molecule has 9 heteroatoms. The second-order valence-corrected chi connectivity index (χ2v) is 8.31. The molecule has 8 nitrogen and oxygen atoms in total. The highest BCUT2D eigenvalue weighted by molar-refractivity contribution is 7.46. The van der Waals surface area contributed by atoms with Crippen LogP contribution in [0.25, 0.3) is 11.1 Å². The van der Waals surface area contributed by atoms with E-state index in [1.807, 2.05) is 24.3 Å².